The van der Waals surface area contributed by atoms with Gasteiger partial charge in [0, 0.05) is 16.3 Å². The fourth-order valence-electron chi connectivity index (χ4n) is 6.92. The number of aliphatic hydroxyl groups excluding tert-OH is 3. The lowest BCUT2D eigenvalue weighted by molar-refractivity contribution is 0.311. The number of rotatable bonds is 5. The highest BCUT2D eigenvalue weighted by molar-refractivity contribution is 6.23. The zero-order valence-electron chi connectivity index (χ0n) is 25.7. The van der Waals surface area contributed by atoms with E-state index in [2.05, 4.69) is 103 Å². The number of benzene rings is 7. The molecule has 5 heteroatoms. The van der Waals surface area contributed by atoms with Crippen LogP contribution >= 0.6 is 0 Å². The molecule has 0 bridgehead atoms. The predicted octanol–water partition coefficient (Wildman–Crippen LogP) is 10.6. The largest absolute Gasteiger partial charge is 0.505 e. The molecule has 8 rings (SSSR count). The lowest BCUT2D eigenvalue weighted by atomic mass is 9.85. The minimum atomic E-state index is -0.463. The number of hydrogen-bond donors (Lipinski definition) is 3. The van der Waals surface area contributed by atoms with Crippen LogP contribution in [0.15, 0.2) is 149 Å². The molecular formula is C42H29BO4. The minimum Gasteiger partial charge on any atom is -0.505 e. The number of fused-ring (bicyclic) bond motifs is 7. The van der Waals surface area contributed by atoms with Crippen LogP contribution in [0, 0.1) is 0 Å². The number of allylic oxidation sites excluding steroid dienone is 1. The summed E-state index contributed by atoms with van der Waals surface area (Å²) in [4.78, 5) is 0. The van der Waals surface area contributed by atoms with E-state index in [0.29, 0.717) is 5.56 Å². The van der Waals surface area contributed by atoms with Crippen LogP contribution in [0.5, 0.6) is 0 Å². The number of furan rings is 1. The van der Waals surface area contributed by atoms with Crippen molar-refractivity contribution in [2.75, 3.05) is 6.61 Å². The van der Waals surface area contributed by atoms with Crippen LogP contribution in [0.1, 0.15) is 12.5 Å². The van der Waals surface area contributed by atoms with Gasteiger partial charge in [-0.2, -0.15) is 0 Å². The molecular weight excluding hydrogens is 579 g/mol. The Kier molecular flexibility index (Phi) is 6.86. The van der Waals surface area contributed by atoms with Gasteiger partial charge in [-0.15, -0.1) is 0 Å². The average Bonchev–Trinajstić information content (AvgIpc) is 3.49. The molecule has 2 radical (unpaired) electrons. The van der Waals surface area contributed by atoms with E-state index in [1.54, 1.807) is 0 Å². The van der Waals surface area contributed by atoms with E-state index in [-0.39, 0.29) is 11.0 Å². The highest BCUT2D eigenvalue weighted by Gasteiger charge is 2.19. The second-order valence-electron chi connectivity index (χ2n) is 11.9. The van der Waals surface area contributed by atoms with E-state index in [9.17, 15) is 15.3 Å². The molecule has 0 saturated carbocycles. The monoisotopic (exact) mass is 608 g/mol. The molecule has 0 amide bonds. The van der Waals surface area contributed by atoms with Gasteiger partial charge in [-0.1, -0.05) is 115 Å². The molecule has 0 spiro atoms. The Morgan fingerprint density at radius 3 is 1.72 bits per heavy atom. The Balaban J connectivity index is 1.33. The van der Waals surface area contributed by atoms with Crippen molar-refractivity contribution >= 4 is 67.7 Å². The van der Waals surface area contributed by atoms with Crippen LogP contribution in [-0.2, 0) is 0 Å². The van der Waals surface area contributed by atoms with Gasteiger partial charge in [-0.05, 0) is 85.3 Å². The van der Waals surface area contributed by atoms with Crippen molar-refractivity contribution in [1.82, 2.24) is 0 Å². The highest BCUT2D eigenvalue weighted by Crippen LogP contribution is 2.45. The van der Waals surface area contributed by atoms with Gasteiger partial charge in [0.1, 0.15) is 24.8 Å². The molecule has 1 aromatic heterocycles. The van der Waals surface area contributed by atoms with Gasteiger partial charge >= 0.3 is 0 Å². The summed E-state index contributed by atoms with van der Waals surface area (Å²) in [5.74, 6) is -0.880. The van der Waals surface area contributed by atoms with Crippen molar-refractivity contribution in [2.45, 2.75) is 6.92 Å². The maximum Gasteiger partial charge on any atom is 0.162 e. The fourth-order valence-corrected chi connectivity index (χ4v) is 6.92. The van der Waals surface area contributed by atoms with Crippen molar-refractivity contribution in [1.29, 1.82) is 0 Å². The predicted molar refractivity (Wildman–Crippen MR) is 195 cm³/mol. The lowest BCUT2D eigenvalue weighted by Gasteiger charge is -2.18. The minimum absolute atomic E-state index is 0.0658. The van der Waals surface area contributed by atoms with E-state index in [0.717, 1.165) is 65.7 Å². The van der Waals surface area contributed by atoms with E-state index < -0.39 is 18.1 Å². The second kappa shape index (κ2) is 11.2. The third-order valence-corrected chi connectivity index (χ3v) is 9.15. The Hall–Kier alpha value is -5.78. The first-order valence-corrected chi connectivity index (χ1v) is 15.5. The topological polar surface area (TPSA) is 73.8 Å². The van der Waals surface area contributed by atoms with E-state index >= 15 is 0 Å². The normalized spacial score (nSPS) is 13.1. The molecule has 3 N–H and O–H groups in total. The van der Waals surface area contributed by atoms with E-state index in [1.165, 1.54) is 17.7 Å². The molecule has 0 aliphatic heterocycles. The summed E-state index contributed by atoms with van der Waals surface area (Å²) in [6, 6.07) is 43.6. The van der Waals surface area contributed by atoms with Crippen LogP contribution in [-0.4, -0.2) is 29.8 Å². The summed E-state index contributed by atoms with van der Waals surface area (Å²) in [5, 5.41) is 39.9. The van der Waals surface area contributed by atoms with Gasteiger partial charge in [-0.3, -0.25) is 0 Å². The van der Waals surface area contributed by atoms with Crippen molar-refractivity contribution in [3.8, 4) is 22.3 Å². The molecule has 7 aromatic carbocycles. The lowest BCUT2D eigenvalue weighted by Crippen LogP contribution is -2.01. The summed E-state index contributed by atoms with van der Waals surface area (Å²) < 4.78 is 6.46. The zero-order chi connectivity index (χ0) is 32.2. The summed E-state index contributed by atoms with van der Waals surface area (Å²) in [7, 11) is 5.68. The Bertz CT molecular complexity index is 2530. The maximum absolute atomic E-state index is 10.6. The van der Waals surface area contributed by atoms with E-state index in [4.69, 9.17) is 12.3 Å². The van der Waals surface area contributed by atoms with Crippen LogP contribution < -0.4 is 0 Å². The second-order valence-corrected chi connectivity index (χ2v) is 11.9. The fraction of sp³-hybridized carbons (Fsp3) is 0.0476. The maximum atomic E-state index is 10.6. The molecule has 0 unspecified atom stereocenters. The summed E-state index contributed by atoms with van der Waals surface area (Å²) in [6.45, 7) is 1.02. The quantitative estimate of drug-likeness (QED) is 0.0787. The molecule has 0 aliphatic carbocycles. The Labute approximate surface area is 272 Å². The smallest absolute Gasteiger partial charge is 0.162 e. The third-order valence-electron chi connectivity index (χ3n) is 9.15. The van der Waals surface area contributed by atoms with Gasteiger partial charge in [-0.25, -0.2) is 0 Å². The molecule has 8 aromatic rings. The average molecular weight is 609 g/mol. The Morgan fingerprint density at radius 1 is 0.574 bits per heavy atom. The first kappa shape index (κ1) is 28.7. The Morgan fingerprint density at radius 2 is 1.13 bits per heavy atom. The van der Waals surface area contributed by atoms with Gasteiger partial charge in [0.25, 0.3) is 0 Å². The first-order valence-electron chi connectivity index (χ1n) is 15.5. The van der Waals surface area contributed by atoms with E-state index in [1.807, 2.05) is 24.3 Å². The van der Waals surface area contributed by atoms with Crippen LogP contribution in [0.4, 0.5) is 0 Å². The van der Waals surface area contributed by atoms with Crippen molar-refractivity contribution in [3.05, 3.63) is 150 Å². The molecule has 0 atom stereocenters. The molecule has 4 nitrogen and oxygen atoms in total. The number of hydrogen-bond acceptors (Lipinski definition) is 4. The SMILES string of the molecule is [B]/C(C)=C(O)/C(O)=C(\CO)c1ccc(-c2c3ccccc3c(-c3ccc4c(c3)oc3ccc5ccccc5c34)c3ccccc23)cc1. The van der Waals surface area contributed by atoms with Crippen molar-refractivity contribution in [2.24, 2.45) is 0 Å². The molecule has 0 fully saturated rings. The zero-order valence-corrected chi connectivity index (χ0v) is 25.7. The van der Waals surface area contributed by atoms with Crippen molar-refractivity contribution in [3.63, 3.8) is 0 Å². The standard InChI is InChI=1S/C42H29BO4/c1-24(43)41(45)42(46)35(23-44)26-14-16-27(17-15-26)38-30-10-4-6-12-32(30)39(33-13-7-5-11-31(33)38)28-18-20-34-37(22-28)47-36-21-19-25-8-2-3-9-29(25)40(34)36/h2-22,44-46H,23H2,1H3/b41-24-,42-35-. The summed E-state index contributed by atoms with van der Waals surface area (Å²) in [5.41, 5.74) is 6.85. The number of aliphatic hydroxyl groups is 3. The van der Waals surface area contributed by atoms with Gasteiger partial charge in [0.2, 0.25) is 0 Å². The van der Waals surface area contributed by atoms with Crippen LogP contribution in [0.3, 0.4) is 0 Å². The molecule has 47 heavy (non-hydrogen) atoms. The molecule has 224 valence electrons. The van der Waals surface area contributed by atoms with Gasteiger partial charge < -0.3 is 19.7 Å². The van der Waals surface area contributed by atoms with Crippen LogP contribution in [0.25, 0.3) is 82.1 Å². The van der Waals surface area contributed by atoms with Crippen molar-refractivity contribution < 1.29 is 19.7 Å². The third kappa shape index (κ3) is 4.58. The van der Waals surface area contributed by atoms with Gasteiger partial charge in [0.15, 0.2) is 5.76 Å². The summed E-state index contributed by atoms with van der Waals surface area (Å²) in [6.07, 6.45) is 0. The van der Waals surface area contributed by atoms with Gasteiger partial charge in [0.05, 0.1) is 6.61 Å². The molecule has 1 heterocycles. The first-order chi connectivity index (χ1) is 22.9. The highest BCUT2D eigenvalue weighted by atomic mass is 16.3. The summed E-state index contributed by atoms with van der Waals surface area (Å²) >= 11 is 0. The van der Waals surface area contributed by atoms with Crippen LogP contribution in [0.2, 0.25) is 0 Å². The molecule has 0 aliphatic rings. The molecule has 0 saturated heterocycles.